The highest BCUT2D eigenvalue weighted by Gasteiger charge is 2.15. The van der Waals surface area contributed by atoms with Crippen LogP contribution in [0.3, 0.4) is 0 Å². The van der Waals surface area contributed by atoms with E-state index in [1.54, 1.807) is 0 Å². The van der Waals surface area contributed by atoms with Gasteiger partial charge in [0.15, 0.2) is 0 Å². The molecular weight excluding hydrogens is 268 g/mol. The van der Waals surface area contributed by atoms with Gasteiger partial charge >= 0.3 is 0 Å². The molecule has 1 aromatic rings. The molecule has 3 nitrogen and oxygen atoms in total. The summed E-state index contributed by atoms with van der Waals surface area (Å²) >= 11 is 1.85. The Labute approximate surface area is 126 Å². The average molecular weight is 294 g/mol. The molecule has 4 heteroatoms. The molecule has 0 bridgehead atoms. The topological polar surface area (TPSA) is 55.1 Å². The zero-order chi connectivity index (χ0) is 15.1. The molecule has 1 aromatic carbocycles. The van der Waals surface area contributed by atoms with Gasteiger partial charge in [-0.15, -0.1) is 0 Å². The second-order valence-electron chi connectivity index (χ2n) is 5.61. The molecule has 0 spiro atoms. The molecule has 0 saturated carbocycles. The first kappa shape index (κ1) is 17.1. The molecule has 0 fully saturated rings. The minimum atomic E-state index is -0.259. The van der Waals surface area contributed by atoms with Crippen LogP contribution in [-0.2, 0) is 10.5 Å². The Morgan fingerprint density at radius 3 is 2.35 bits per heavy atom. The maximum absolute atomic E-state index is 11.3. The van der Waals surface area contributed by atoms with Gasteiger partial charge in [0.2, 0.25) is 5.91 Å². The number of nitrogens with two attached hydrogens (primary N) is 1. The maximum Gasteiger partial charge on any atom is 0.234 e. The third kappa shape index (κ3) is 6.44. The Morgan fingerprint density at radius 1 is 1.25 bits per heavy atom. The van der Waals surface area contributed by atoms with Crippen molar-refractivity contribution in [1.82, 2.24) is 5.32 Å². The van der Waals surface area contributed by atoms with Crippen LogP contribution in [0.1, 0.15) is 37.0 Å². The van der Waals surface area contributed by atoms with E-state index in [2.05, 4.69) is 37.4 Å². The number of thioether (sulfide) groups is 1. The van der Waals surface area contributed by atoms with Crippen LogP contribution < -0.4 is 11.1 Å². The minimum absolute atomic E-state index is 0.221. The zero-order valence-electron chi connectivity index (χ0n) is 12.9. The number of aryl methyl sites for hydroxylation is 2. The van der Waals surface area contributed by atoms with Gasteiger partial charge in [-0.25, -0.2) is 0 Å². The monoisotopic (exact) mass is 294 g/mol. The normalized spacial score (nSPS) is 12.7. The van der Waals surface area contributed by atoms with Crippen molar-refractivity contribution < 1.29 is 4.79 Å². The van der Waals surface area contributed by atoms with Gasteiger partial charge in [-0.3, -0.25) is 4.79 Å². The van der Waals surface area contributed by atoms with Crippen LogP contribution in [0.15, 0.2) is 18.2 Å². The maximum atomic E-state index is 11.3. The molecule has 3 N–H and O–H groups in total. The van der Waals surface area contributed by atoms with Gasteiger partial charge in [0.25, 0.3) is 0 Å². The summed E-state index contributed by atoms with van der Waals surface area (Å²) in [4.78, 5) is 11.3. The van der Waals surface area contributed by atoms with Gasteiger partial charge < -0.3 is 11.1 Å². The average Bonchev–Trinajstić information content (AvgIpc) is 2.31. The van der Waals surface area contributed by atoms with Gasteiger partial charge in [-0.05, 0) is 31.6 Å². The summed E-state index contributed by atoms with van der Waals surface area (Å²) in [6.45, 7) is 8.30. The lowest BCUT2D eigenvalue weighted by Crippen LogP contribution is -2.44. The number of primary amides is 1. The van der Waals surface area contributed by atoms with Crippen molar-refractivity contribution in [1.29, 1.82) is 0 Å². The zero-order valence-corrected chi connectivity index (χ0v) is 13.7. The summed E-state index contributed by atoms with van der Waals surface area (Å²) in [5, 5.41) is 3.21. The van der Waals surface area contributed by atoms with E-state index in [1.165, 1.54) is 16.7 Å². The number of carbonyl (C=O) groups excluding carboxylic acids is 1. The molecule has 0 aliphatic heterocycles. The Balaban J connectivity index is 2.38. The van der Waals surface area contributed by atoms with Crippen LogP contribution in [-0.4, -0.2) is 23.7 Å². The van der Waals surface area contributed by atoms with Crippen molar-refractivity contribution in [3.05, 3.63) is 34.9 Å². The van der Waals surface area contributed by atoms with E-state index in [4.69, 9.17) is 5.73 Å². The van der Waals surface area contributed by atoms with Crippen LogP contribution in [0.4, 0.5) is 0 Å². The Bertz CT molecular complexity index is 426. The van der Waals surface area contributed by atoms with Gasteiger partial charge in [-0.2, -0.15) is 11.8 Å². The highest BCUT2D eigenvalue weighted by molar-refractivity contribution is 7.98. The summed E-state index contributed by atoms with van der Waals surface area (Å²) in [6.07, 6.45) is 0.781. The number of benzene rings is 1. The molecule has 1 amide bonds. The Kier molecular flexibility index (Phi) is 7.10. The van der Waals surface area contributed by atoms with Crippen molar-refractivity contribution in [3.63, 3.8) is 0 Å². The molecule has 0 saturated heterocycles. The summed E-state index contributed by atoms with van der Waals surface area (Å²) in [5.74, 6) is 1.65. The molecular formula is C16H26N2OS. The summed E-state index contributed by atoms with van der Waals surface area (Å²) < 4.78 is 0. The number of hydrogen-bond acceptors (Lipinski definition) is 3. The smallest absolute Gasteiger partial charge is 0.234 e. The largest absolute Gasteiger partial charge is 0.368 e. The minimum Gasteiger partial charge on any atom is -0.368 e. The van der Waals surface area contributed by atoms with Gasteiger partial charge in [0, 0.05) is 11.8 Å². The SMILES string of the molecule is Cc1cc(C)cc(CSCCC(NC(C)C)C(N)=O)c1. The van der Waals surface area contributed by atoms with E-state index >= 15 is 0 Å². The first-order chi connectivity index (χ1) is 9.38. The van der Waals surface area contributed by atoms with E-state index < -0.39 is 0 Å². The first-order valence-corrected chi connectivity index (χ1v) is 8.24. The quantitative estimate of drug-likeness (QED) is 0.725. The second-order valence-corrected chi connectivity index (χ2v) is 6.72. The standard InChI is InChI=1S/C16H26N2OS/c1-11(2)18-15(16(17)19)5-6-20-10-14-8-12(3)7-13(4)9-14/h7-9,11,15,18H,5-6,10H2,1-4H3,(H2,17,19). The van der Waals surface area contributed by atoms with Gasteiger partial charge in [0.05, 0.1) is 6.04 Å². The van der Waals surface area contributed by atoms with Crippen molar-refractivity contribution in [2.75, 3.05) is 5.75 Å². The molecule has 0 radical (unpaired) electrons. The molecule has 1 atom stereocenters. The highest BCUT2D eigenvalue weighted by atomic mass is 32.2. The second kappa shape index (κ2) is 8.32. The summed E-state index contributed by atoms with van der Waals surface area (Å²) in [5.41, 5.74) is 9.36. The lowest BCUT2D eigenvalue weighted by molar-refractivity contribution is -0.120. The number of amides is 1. The van der Waals surface area contributed by atoms with E-state index in [0.717, 1.165) is 17.9 Å². The van der Waals surface area contributed by atoms with Crippen LogP contribution in [0.25, 0.3) is 0 Å². The fourth-order valence-electron chi connectivity index (χ4n) is 2.25. The lowest BCUT2D eigenvalue weighted by Gasteiger charge is -2.17. The van der Waals surface area contributed by atoms with Crippen molar-refractivity contribution in [3.8, 4) is 0 Å². The van der Waals surface area contributed by atoms with Crippen LogP contribution in [0.2, 0.25) is 0 Å². The molecule has 1 rings (SSSR count). The van der Waals surface area contributed by atoms with Crippen molar-refractivity contribution in [2.45, 2.75) is 52.0 Å². The molecule has 0 aromatic heterocycles. The third-order valence-corrected chi connectivity index (χ3v) is 4.04. The van der Waals surface area contributed by atoms with E-state index in [9.17, 15) is 4.79 Å². The van der Waals surface area contributed by atoms with E-state index in [1.807, 2.05) is 25.6 Å². The van der Waals surface area contributed by atoms with Crippen LogP contribution in [0.5, 0.6) is 0 Å². The number of carbonyl (C=O) groups is 1. The molecule has 1 unspecified atom stereocenters. The van der Waals surface area contributed by atoms with Crippen LogP contribution in [0, 0.1) is 13.8 Å². The summed E-state index contributed by atoms with van der Waals surface area (Å²) in [6, 6.07) is 6.68. The molecule has 20 heavy (non-hydrogen) atoms. The lowest BCUT2D eigenvalue weighted by atomic mass is 10.1. The van der Waals surface area contributed by atoms with Gasteiger partial charge in [-0.1, -0.05) is 43.2 Å². The highest BCUT2D eigenvalue weighted by Crippen LogP contribution is 2.17. The number of rotatable bonds is 8. The predicted molar refractivity (Wildman–Crippen MR) is 87.9 cm³/mol. The van der Waals surface area contributed by atoms with Crippen molar-refractivity contribution in [2.24, 2.45) is 5.73 Å². The van der Waals surface area contributed by atoms with Crippen LogP contribution >= 0.6 is 11.8 Å². The van der Waals surface area contributed by atoms with Crippen molar-refractivity contribution >= 4 is 17.7 Å². The Morgan fingerprint density at radius 2 is 1.85 bits per heavy atom. The number of nitrogens with one attached hydrogen (secondary N) is 1. The molecule has 0 aliphatic rings. The van der Waals surface area contributed by atoms with E-state index in [0.29, 0.717) is 0 Å². The predicted octanol–water partition coefficient (Wildman–Crippen LogP) is 2.78. The molecule has 112 valence electrons. The van der Waals surface area contributed by atoms with E-state index in [-0.39, 0.29) is 18.0 Å². The fourth-order valence-corrected chi connectivity index (χ4v) is 3.20. The number of hydrogen-bond donors (Lipinski definition) is 2. The third-order valence-electron chi connectivity index (χ3n) is 2.98. The summed E-state index contributed by atoms with van der Waals surface area (Å²) in [7, 11) is 0. The molecule has 0 heterocycles. The fraction of sp³-hybridized carbons (Fsp3) is 0.562. The van der Waals surface area contributed by atoms with Gasteiger partial charge in [0.1, 0.15) is 0 Å². The molecule has 0 aliphatic carbocycles. The Hall–Kier alpha value is -1.00. The first-order valence-electron chi connectivity index (χ1n) is 7.08.